The summed E-state index contributed by atoms with van der Waals surface area (Å²) in [5.74, 6) is -2.48. The number of carboxylic acids is 2. The van der Waals surface area contributed by atoms with Crippen LogP contribution in [0.25, 0.3) is 0 Å². The topological polar surface area (TPSA) is 133 Å². The Bertz CT molecular complexity index is 756. The molecule has 26 heavy (non-hydrogen) atoms. The Kier molecular flexibility index (Phi) is 4.40. The number of rotatable bonds is 7. The van der Waals surface area contributed by atoms with Gasteiger partial charge in [-0.05, 0) is 23.9 Å². The Balaban J connectivity index is 1.69. The third-order valence-corrected chi connectivity index (χ3v) is 5.04. The molecule has 5 N–H and O–H groups in total. The summed E-state index contributed by atoms with van der Waals surface area (Å²) in [4.78, 5) is 24.5. The van der Waals surface area contributed by atoms with E-state index in [4.69, 9.17) is 15.6 Å². The number of carboxylic acid groups (broad SMARTS) is 2. The third-order valence-electron chi connectivity index (χ3n) is 5.04. The molecule has 2 saturated heterocycles. The zero-order valence-electron chi connectivity index (χ0n) is 14.7. The molecule has 2 aliphatic heterocycles. The lowest BCUT2D eigenvalue weighted by molar-refractivity contribution is -0.144. The molecule has 2 heterocycles. The fourth-order valence-corrected chi connectivity index (χ4v) is 3.15. The first-order valence-electron chi connectivity index (χ1n) is 8.39. The van der Waals surface area contributed by atoms with Crippen LogP contribution in [0.1, 0.15) is 29.8 Å². The Morgan fingerprint density at radius 3 is 2.54 bits per heavy atom. The maximum absolute atomic E-state index is 11.6. The van der Waals surface area contributed by atoms with Gasteiger partial charge in [0.2, 0.25) is 0 Å². The first-order chi connectivity index (χ1) is 12.0. The molecule has 0 spiro atoms. The molecule has 2 fully saturated rings. The number of phenols is 1. The van der Waals surface area contributed by atoms with Crippen molar-refractivity contribution in [1.29, 1.82) is 0 Å². The van der Waals surface area contributed by atoms with Crippen molar-refractivity contribution in [2.75, 3.05) is 19.6 Å². The number of hydrogen-bond acceptors (Lipinski definition) is 6. The lowest BCUT2D eigenvalue weighted by Crippen LogP contribution is -2.62. The average molecular weight is 361 g/mol. The van der Waals surface area contributed by atoms with E-state index in [-0.39, 0.29) is 35.0 Å². The third kappa shape index (κ3) is 3.36. The summed E-state index contributed by atoms with van der Waals surface area (Å²) in [6.07, 6.45) is 0.504. The van der Waals surface area contributed by atoms with Crippen LogP contribution in [0.15, 0.2) is 12.1 Å². The van der Waals surface area contributed by atoms with Gasteiger partial charge in [0.25, 0.3) is 0 Å². The van der Waals surface area contributed by atoms with Gasteiger partial charge in [-0.2, -0.15) is 0 Å². The fraction of sp³-hybridized carbons (Fsp3) is 0.529. The number of nitrogens with two attached hydrogens (primary N) is 1. The number of likely N-dealkylation sites (tertiary alicyclic amines) is 1. The molecule has 0 amide bonds. The van der Waals surface area contributed by atoms with Crippen molar-refractivity contribution in [2.24, 2.45) is 5.73 Å². The van der Waals surface area contributed by atoms with Crippen LogP contribution in [0.4, 0.5) is 0 Å². The highest BCUT2D eigenvalue weighted by molar-refractivity contribution is 6.54. The van der Waals surface area contributed by atoms with Crippen molar-refractivity contribution >= 4 is 19.2 Å². The molecule has 1 aromatic rings. The van der Waals surface area contributed by atoms with E-state index in [1.807, 2.05) is 19.1 Å². The van der Waals surface area contributed by atoms with Crippen molar-refractivity contribution in [1.82, 2.24) is 4.90 Å². The molecule has 0 saturated carbocycles. The molecule has 3 rings (SSSR count). The number of benzene rings is 1. The molecule has 2 aliphatic rings. The number of ether oxygens (including phenoxy) is 1. The standard InChI is InChI=1S/C17H22BN2O6/c1-16(7-18-16)10-3-4-11(12(13(10)21)14(22)23)26-9-5-20(6-9)8-17(2,19)15(24)25/h3-4,9,21H,5-8,19H2,1-2H3,(H,22,23)(H,24,25)/t16-,17+/m0/s1. The van der Waals surface area contributed by atoms with Crippen molar-refractivity contribution in [3.63, 3.8) is 0 Å². The molecule has 0 aromatic heterocycles. The van der Waals surface area contributed by atoms with Gasteiger partial charge in [0.1, 0.15) is 36.0 Å². The number of aliphatic carboxylic acids is 1. The predicted molar refractivity (Wildman–Crippen MR) is 94.1 cm³/mol. The van der Waals surface area contributed by atoms with Gasteiger partial charge in [-0.1, -0.05) is 19.3 Å². The number of carbonyl (C=O) groups is 2. The summed E-state index contributed by atoms with van der Waals surface area (Å²) in [5.41, 5.74) is 4.71. The minimum atomic E-state index is -1.35. The van der Waals surface area contributed by atoms with E-state index in [9.17, 15) is 19.8 Å². The second kappa shape index (κ2) is 6.17. The number of nitrogens with zero attached hydrogens (tertiary/aromatic N) is 1. The zero-order chi connectivity index (χ0) is 19.3. The van der Waals surface area contributed by atoms with Crippen LogP contribution in [-0.4, -0.2) is 70.7 Å². The van der Waals surface area contributed by atoms with E-state index in [0.29, 0.717) is 18.7 Å². The summed E-state index contributed by atoms with van der Waals surface area (Å²) in [7, 11) is 2.00. The Morgan fingerprint density at radius 1 is 1.42 bits per heavy atom. The van der Waals surface area contributed by atoms with Gasteiger partial charge in [0.15, 0.2) is 0 Å². The minimum absolute atomic E-state index is 0.112. The Hall–Kier alpha value is -2.26. The monoisotopic (exact) mass is 361 g/mol. The van der Waals surface area contributed by atoms with Gasteiger partial charge in [-0.15, -0.1) is 0 Å². The largest absolute Gasteiger partial charge is 0.507 e. The zero-order valence-corrected chi connectivity index (χ0v) is 14.7. The second-order valence-electron chi connectivity index (χ2n) is 7.62. The van der Waals surface area contributed by atoms with Gasteiger partial charge in [-0.3, -0.25) is 9.69 Å². The normalized spacial score (nSPS) is 24.9. The van der Waals surface area contributed by atoms with Gasteiger partial charge in [0.05, 0.1) is 0 Å². The Morgan fingerprint density at radius 2 is 2.04 bits per heavy atom. The second-order valence-corrected chi connectivity index (χ2v) is 7.62. The fourth-order valence-electron chi connectivity index (χ4n) is 3.15. The average Bonchev–Trinajstić information content (AvgIpc) is 3.22. The maximum Gasteiger partial charge on any atom is 0.343 e. The van der Waals surface area contributed by atoms with Crippen molar-refractivity contribution in [3.8, 4) is 11.5 Å². The highest BCUT2D eigenvalue weighted by atomic mass is 16.5. The summed E-state index contributed by atoms with van der Waals surface area (Å²) in [5, 5.41) is 28.7. The summed E-state index contributed by atoms with van der Waals surface area (Å²) >= 11 is 0. The van der Waals surface area contributed by atoms with E-state index >= 15 is 0 Å². The summed E-state index contributed by atoms with van der Waals surface area (Å²) < 4.78 is 5.74. The molecule has 0 unspecified atom stereocenters. The summed E-state index contributed by atoms with van der Waals surface area (Å²) in [6, 6.07) is 3.27. The maximum atomic E-state index is 11.6. The van der Waals surface area contributed by atoms with E-state index in [1.165, 1.54) is 6.92 Å². The molecule has 139 valence electrons. The van der Waals surface area contributed by atoms with Crippen LogP contribution in [0.5, 0.6) is 11.5 Å². The van der Waals surface area contributed by atoms with E-state index in [1.54, 1.807) is 12.1 Å². The first-order valence-corrected chi connectivity index (χ1v) is 8.39. The molecule has 1 radical (unpaired) electrons. The lowest BCUT2D eigenvalue weighted by atomic mass is 9.81. The summed E-state index contributed by atoms with van der Waals surface area (Å²) in [6.45, 7) is 4.43. The van der Waals surface area contributed by atoms with Crippen molar-refractivity contribution < 1.29 is 29.6 Å². The van der Waals surface area contributed by atoms with Gasteiger partial charge < -0.3 is 25.8 Å². The smallest absolute Gasteiger partial charge is 0.343 e. The van der Waals surface area contributed by atoms with E-state index < -0.39 is 17.5 Å². The molecule has 0 aliphatic carbocycles. The number of hydrogen-bond donors (Lipinski definition) is 4. The van der Waals surface area contributed by atoms with Gasteiger partial charge in [-0.25, -0.2) is 4.79 Å². The molecular formula is C17H22BN2O6. The minimum Gasteiger partial charge on any atom is -0.507 e. The number of aromatic hydroxyl groups is 1. The SMILES string of the molecule is C[C@]1(c2ccc(OC3CN(C[C@@](C)(N)C(=O)O)C3)c(C(=O)O)c2O)[B]C1. The molecule has 2 atom stereocenters. The first kappa shape index (κ1) is 18.5. The van der Waals surface area contributed by atoms with Crippen LogP contribution in [0.2, 0.25) is 6.32 Å². The highest BCUT2D eigenvalue weighted by Gasteiger charge is 2.44. The van der Waals surface area contributed by atoms with Gasteiger partial charge >= 0.3 is 11.9 Å². The highest BCUT2D eigenvalue weighted by Crippen LogP contribution is 2.47. The molecular weight excluding hydrogens is 339 g/mol. The van der Waals surface area contributed by atoms with Crippen LogP contribution in [0, 0.1) is 0 Å². The quantitative estimate of drug-likeness (QED) is 0.510. The predicted octanol–water partition coefficient (Wildman–Crippen LogP) is 0.307. The van der Waals surface area contributed by atoms with Crippen molar-refractivity contribution in [3.05, 3.63) is 23.3 Å². The Labute approximate surface area is 151 Å². The molecule has 8 nitrogen and oxygen atoms in total. The van der Waals surface area contributed by atoms with E-state index in [0.717, 1.165) is 6.32 Å². The van der Waals surface area contributed by atoms with Crippen molar-refractivity contribution in [2.45, 2.75) is 37.1 Å². The van der Waals surface area contributed by atoms with Crippen LogP contribution in [-0.2, 0) is 10.1 Å². The molecule has 0 bridgehead atoms. The molecule has 9 heteroatoms. The lowest BCUT2D eigenvalue weighted by Gasteiger charge is -2.41. The van der Waals surface area contributed by atoms with E-state index in [2.05, 4.69) is 0 Å². The van der Waals surface area contributed by atoms with Crippen LogP contribution < -0.4 is 10.5 Å². The molecule has 1 aromatic carbocycles. The van der Waals surface area contributed by atoms with Crippen LogP contribution in [0.3, 0.4) is 0 Å². The van der Waals surface area contributed by atoms with Gasteiger partial charge in [0, 0.05) is 19.6 Å². The van der Waals surface area contributed by atoms with Crippen LogP contribution >= 0.6 is 0 Å². The number of aromatic carboxylic acids is 1.